The van der Waals surface area contributed by atoms with Gasteiger partial charge in [0.2, 0.25) is 0 Å². The normalized spacial score (nSPS) is 23.3. The van der Waals surface area contributed by atoms with Gasteiger partial charge in [0, 0.05) is 6.42 Å². The number of aliphatic carboxylic acids is 1. The third kappa shape index (κ3) is 9.66. The van der Waals surface area contributed by atoms with Crippen LogP contribution in [0.2, 0.25) is 0 Å². The minimum Gasteiger partial charge on any atom is -0.481 e. The molecule has 24 heavy (non-hydrogen) atoms. The molecule has 2 N–H and O–H groups in total. The maximum absolute atomic E-state index is 10.6. The lowest BCUT2D eigenvalue weighted by Crippen LogP contribution is -2.25. The highest BCUT2D eigenvalue weighted by atomic mass is 16.4. The molecule has 0 aromatic rings. The van der Waals surface area contributed by atoms with Gasteiger partial charge < -0.3 is 10.2 Å². The Hall–Kier alpha value is -0.570. The standard InChI is InChI=1S/C21H40O3/c1-3-4-9-16-21(2,24)17-15-19-13-10-12-18(19)11-7-5-6-8-14-20(22)23/h18-19,24H,3-17H2,1-2H3,(H,22,23)/t18-,19+,21?/m0/s1. The first-order chi connectivity index (χ1) is 11.4. The molecule has 0 aromatic carbocycles. The van der Waals surface area contributed by atoms with Crippen molar-refractivity contribution in [2.45, 2.75) is 116 Å². The van der Waals surface area contributed by atoms with Crippen LogP contribution in [0.1, 0.15) is 110 Å². The van der Waals surface area contributed by atoms with Crippen molar-refractivity contribution in [2.24, 2.45) is 11.8 Å². The van der Waals surface area contributed by atoms with Crippen LogP contribution in [0.25, 0.3) is 0 Å². The van der Waals surface area contributed by atoms with Crippen molar-refractivity contribution in [3.63, 3.8) is 0 Å². The first-order valence-electron chi connectivity index (χ1n) is 10.4. The maximum Gasteiger partial charge on any atom is 0.303 e. The molecule has 0 aromatic heterocycles. The molecule has 0 heterocycles. The van der Waals surface area contributed by atoms with Crippen molar-refractivity contribution in [2.75, 3.05) is 0 Å². The molecule has 0 amide bonds. The summed E-state index contributed by atoms with van der Waals surface area (Å²) in [5, 5.41) is 19.2. The van der Waals surface area contributed by atoms with Gasteiger partial charge in [0.15, 0.2) is 0 Å². The zero-order valence-corrected chi connectivity index (χ0v) is 16.1. The molecule has 3 nitrogen and oxygen atoms in total. The zero-order valence-electron chi connectivity index (χ0n) is 16.1. The van der Waals surface area contributed by atoms with Crippen LogP contribution < -0.4 is 0 Å². The monoisotopic (exact) mass is 340 g/mol. The highest BCUT2D eigenvalue weighted by molar-refractivity contribution is 5.66. The predicted molar refractivity (Wildman–Crippen MR) is 100 cm³/mol. The van der Waals surface area contributed by atoms with E-state index in [-0.39, 0.29) is 0 Å². The molecule has 1 fully saturated rings. The molecule has 1 aliphatic rings. The molecule has 0 aliphatic heterocycles. The Morgan fingerprint density at radius 1 is 0.958 bits per heavy atom. The van der Waals surface area contributed by atoms with Crippen LogP contribution in [0.3, 0.4) is 0 Å². The largest absolute Gasteiger partial charge is 0.481 e. The molecule has 1 saturated carbocycles. The second kappa shape index (κ2) is 11.9. The van der Waals surface area contributed by atoms with E-state index >= 15 is 0 Å². The van der Waals surface area contributed by atoms with E-state index in [1.54, 1.807) is 0 Å². The van der Waals surface area contributed by atoms with Crippen molar-refractivity contribution in [3.8, 4) is 0 Å². The van der Waals surface area contributed by atoms with Crippen molar-refractivity contribution in [3.05, 3.63) is 0 Å². The zero-order chi connectivity index (χ0) is 17.8. The summed E-state index contributed by atoms with van der Waals surface area (Å²) in [6, 6.07) is 0. The lowest BCUT2D eigenvalue weighted by Gasteiger charge is -2.27. The van der Waals surface area contributed by atoms with Gasteiger partial charge in [0.25, 0.3) is 0 Å². The molecule has 1 aliphatic carbocycles. The summed E-state index contributed by atoms with van der Waals surface area (Å²) in [5.74, 6) is 0.981. The molecular weight excluding hydrogens is 300 g/mol. The van der Waals surface area contributed by atoms with E-state index in [0.29, 0.717) is 6.42 Å². The fourth-order valence-corrected chi connectivity index (χ4v) is 4.29. The van der Waals surface area contributed by atoms with E-state index in [4.69, 9.17) is 5.11 Å². The number of rotatable bonds is 14. The first-order valence-corrected chi connectivity index (χ1v) is 10.4. The minimum atomic E-state index is -0.670. The second-order valence-electron chi connectivity index (χ2n) is 8.29. The Morgan fingerprint density at radius 2 is 1.62 bits per heavy atom. The number of hydrogen-bond donors (Lipinski definition) is 2. The third-order valence-electron chi connectivity index (χ3n) is 5.90. The van der Waals surface area contributed by atoms with Gasteiger partial charge >= 0.3 is 5.97 Å². The Bertz CT molecular complexity index is 338. The van der Waals surface area contributed by atoms with Gasteiger partial charge in [-0.25, -0.2) is 0 Å². The van der Waals surface area contributed by atoms with Gasteiger partial charge in [0.05, 0.1) is 5.60 Å². The van der Waals surface area contributed by atoms with Crippen LogP contribution in [0.15, 0.2) is 0 Å². The third-order valence-corrected chi connectivity index (χ3v) is 5.90. The van der Waals surface area contributed by atoms with Gasteiger partial charge in [-0.05, 0) is 44.4 Å². The fourth-order valence-electron chi connectivity index (χ4n) is 4.29. The Kier molecular flexibility index (Phi) is 10.6. The topological polar surface area (TPSA) is 57.5 Å². The number of carboxylic acid groups (broad SMARTS) is 1. The molecule has 3 heteroatoms. The van der Waals surface area contributed by atoms with Crippen LogP contribution in [-0.2, 0) is 4.79 Å². The molecule has 142 valence electrons. The van der Waals surface area contributed by atoms with Crippen LogP contribution in [0, 0.1) is 11.8 Å². The van der Waals surface area contributed by atoms with Gasteiger partial charge in [0.1, 0.15) is 0 Å². The fraction of sp³-hybridized carbons (Fsp3) is 0.952. The average Bonchev–Trinajstić information content (AvgIpc) is 2.96. The second-order valence-corrected chi connectivity index (χ2v) is 8.29. The van der Waals surface area contributed by atoms with Crippen molar-refractivity contribution >= 4 is 5.97 Å². The summed E-state index contributed by atoms with van der Waals surface area (Å²) >= 11 is 0. The molecule has 3 atom stereocenters. The van der Waals surface area contributed by atoms with Gasteiger partial charge in [-0.2, -0.15) is 0 Å². The molecule has 1 rings (SSSR count). The quantitative estimate of drug-likeness (QED) is 0.385. The number of hydrogen-bond acceptors (Lipinski definition) is 2. The maximum atomic E-state index is 10.6. The highest BCUT2D eigenvalue weighted by Crippen LogP contribution is 2.39. The van der Waals surface area contributed by atoms with Crippen LogP contribution >= 0.6 is 0 Å². The van der Waals surface area contributed by atoms with Crippen molar-refractivity contribution in [1.82, 2.24) is 0 Å². The van der Waals surface area contributed by atoms with Gasteiger partial charge in [-0.15, -0.1) is 0 Å². The SMILES string of the molecule is CCCCCC(C)(O)CC[C@H]1CCC[C@@H]1CCCCCCC(=O)O. The van der Waals surface area contributed by atoms with Crippen molar-refractivity contribution in [1.29, 1.82) is 0 Å². The Morgan fingerprint density at radius 3 is 2.29 bits per heavy atom. The minimum absolute atomic E-state index is 0.319. The lowest BCUT2D eigenvalue weighted by atomic mass is 9.83. The number of aliphatic hydroxyl groups is 1. The number of unbranched alkanes of at least 4 members (excludes halogenated alkanes) is 5. The van der Waals surface area contributed by atoms with E-state index in [1.165, 1.54) is 57.8 Å². The molecule has 1 unspecified atom stereocenters. The van der Waals surface area contributed by atoms with E-state index in [9.17, 15) is 9.90 Å². The molecule has 0 bridgehead atoms. The first kappa shape index (κ1) is 21.5. The Balaban J connectivity index is 2.17. The smallest absolute Gasteiger partial charge is 0.303 e. The summed E-state index contributed by atoms with van der Waals surface area (Å²) in [6.07, 6.45) is 16.6. The van der Waals surface area contributed by atoms with E-state index in [1.807, 2.05) is 6.92 Å². The molecular formula is C21H40O3. The van der Waals surface area contributed by atoms with Crippen LogP contribution in [-0.4, -0.2) is 21.8 Å². The lowest BCUT2D eigenvalue weighted by molar-refractivity contribution is -0.137. The van der Waals surface area contributed by atoms with Gasteiger partial charge in [-0.3, -0.25) is 4.79 Å². The van der Waals surface area contributed by atoms with Crippen LogP contribution in [0.5, 0.6) is 0 Å². The molecule has 0 radical (unpaired) electrons. The summed E-state index contributed by atoms with van der Waals surface area (Å²) in [7, 11) is 0. The number of carbonyl (C=O) groups is 1. The van der Waals surface area contributed by atoms with E-state index in [2.05, 4.69) is 6.92 Å². The highest BCUT2D eigenvalue weighted by Gasteiger charge is 2.29. The van der Waals surface area contributed by atoms with Crippen molar-refractivity contribution < 1.29 is 15.0 Å². The van der Waals surface area contributed by atoms with E-state index in [0.717, 1.165) is 43.9 Å². The average molecular weight is 341 g/mol. The van der Waals surface area contributed by atoms with E-state index < -0.39 is 11.6 Å². The Labute approximate surface area is 149 Å². The number of carboxylic acids is 1. The summed E-state index contributed by atoms with van der Waals surface area (Å²) in [5.41, 5.74) is -0.473. The van der Waals surface area contributed by atoms with Gasteiger partial charge in [-0.1, -0.05) is 71.1 Å². The summed E-state index contributed by atoms with van der Waals surface area (Å²) in [4.78, 5) is 10.5. The summed E-state index contributed by atoms with van der Waals surface area (Å²) < 4.78 is 0. The predicted octanol–water partition coefficient (Wildman–Crippen LogP) is 5.94. The molecule has 0 saturated heterocycles. The molecule has 0 spiro atoms. The summed E-state index contributed by atoms with van der Waals surface area (Å²) in [6.45, 7) is 4.23. The van der Waals surface area contributed by atoms with Crippen LogP contribution in [0.4, 0.5) is 0 Å².